The fraction of sp³-hybridized carbons (Fsp3) is 0.588. The quantitative estimate of drug-likeness (QED) is 0.469. The molecule has 1 fully saturated rings. The zero-order valence-corrected chi connectivity index (χ0v) is 15.9. The predicted octanol–water partition coefficient (Wildman–Crippen LogP) is 0.384. The minimum atomic E-state index is -1.07. The molecule has 1 aliphatic rings. The van der Waals surface area contributed by atoms with E-state index in [1.807, 2.05) is 0 Å². The number of ether oxygens (including phenoxy) is 5. The van der Waals surface area contributed by atoms with Gasteiger partial charge in [0.05, 0.1) is 6.61 Å². The molecule has 2 rings (SSSR count). The molecule has 0 unspecified atom stereocenters. The van der Waals surface area contributed by atoms with Crippen molar-refractivity contribution in [1.29, 1.82) is 0 Å². The van der Waals surface area contributed by atoms with Crippen LogP contribution in [-0.2, 0) is 38.1 Å². The van der Waals surface area contributed by atoms with Crippen molar-refractivity contribution < 1.29 is 42.9 Å². The van der Waals surface area contributed by atoms with Crippen molar-refractivity contribution in [2.24, 2.45) is 0 Å². The molecular weight excluding hydrogens is 376 g/mol. The second kappa shape index (κ2) is 9.31. The van der Waals surface area contributed by atoms with Crippen LogP contribution in [0.1, 0.15) is 44.4 Å². The molecule has 0 saturated carbocycles. The van der Waals surface area contributed by atoms with Crippen molar-refractivity contribution in [1.82, 2.24) is 9.78 Å². The van der Waals surface area contributed by atoms with Gasteiger partial charge in [0.2, 0.25) is 0 Å². The summed E-state index contributed by atoms with van der Waals surface area (Å²) in [5.41, 5.74) is 0.0273. The monoisotopic (exact) mass is 398 g/mol. The van der Waals surface area contributed by atoms with E-state index in [1.165, 1.54) is 37.7 Å². The van der Waals surface area contributed by atoms with E-state index in [4.69, 9.17) is 23.7 Å². The molecule has 0 N–H and O–H groups in total. The third-order valence-electron chi connectivity index (χ3n) is 3.69. The Kier molecular flexibility index (Phi) is 7.10. The number of nitrogens with zero attached hydrogens (tertiary/aromatic N) is 2. The lowest BCUT2D eigenvalue weighted by molar-refractivity contribution is -0.166. The average Bonchev–Trinajstić information content (AvgIpc) is 3.19. The maximum atomic E-state index is 11.8. The van der Waals surface area contributed by atoms with Crippen molar-refractivity contribution in [3.63, 3.8) is 0 Å². The number of hydrogen-bond donors (Lipinski definition) is 0. The van der Waals surface area contributed by atoms with E-state index < -0.39 is 48.4 Å². The summed E-state index contributed by atoms with van der Waals surface area (Å²) in [6.45, 7) is 5.21. The van der Waals surface area contributed by atoms with Crippen molar-refractivity contribution in [3.05, 3.63) is 18.0 Å². The van der Waals surface area contributed by atoms with E-state index in [0.717, 1.165) is 0 Å². The molecule has 2 heterocycles. The summed E-state index contributed by atoms with van der Waals surface area (Å²) in [5.74, 6) is -2.45. The highest BCUT2D eigenvalue weighted by molar-refractivity contribution is 5.87. The first-order chi connectivity index (χ1) is 13.2. The summed E-state index contributed by atoms with van der Waals surface area (Å²) >= 11 is 0. The summed E-state index contributed by atoms with van der Waals surface area (Å²) in [6.07, 6.45) is -2.60. The normalized spacial score (nSPS) is 23.7. The molecule has 154 valence electrons. The maximum Gasteiger partial charge on any atom is 0.358 e. The van der Waals surface area contributed by atoms with Crippen LogP contribution in [0.25, 0.3) is 0 Å². The lowest BCUT2D eigenvalue weighted by atomic mass is 10.1. The fourth-order valence-electron chi connectivity index (χ4n) is 2.70. The lowest BCUT2D eigenvalue weighted by Crippen LogP contribution is -2.40. The molecule has 28 heavy (non-hydrogen) atoms. The molecule has 0 aliphatic carbocycles. The molecule has 1 aromatic heterocycles. The second-order valence-electron chi connectivity index (χ2n) is 5.92. The zero-order valence-electron chi connectivity index (χ0n) is 15.9. The first kappa shape index (κ1) is 21.4. The summed E-state index contributed by atoms with van der Waals surface area (Å²) in [6, 6.07) is 1.41. The SMILES string of the molecule is CCOC(=O)c1ccn([C@@H]2O[C@H](COC(C)=O)[C@@H](OC(C)=O)[C@H]2OC(C)=O)n1. The lowest BCUT2D eigenvalue weighted by Gasteiger charge is -2.23. The molecule has 0 radical (unpaired) electrons. The van der Waals surface area contributed by atoms with Gasteiger partial charge in [0.15, 0.2) is 24.1 Å². The predicted molar refractivity (Wildman–Crippen MR) is 89.8 cm³/mol. The van der Waals surface area contributed by atoms with Crippen LogP contribution in [-0.4, -0.2) is 65.2 Å². The van der Waals surface area contributed by atoms with E-state index >= 15 is 0 Å². The van der Waals surface area contributed by atoms with Crippen LogP contribution >= 0.6 is 0 Å². The first-order valence-electron chi connectivity index (χ1n) is 8.58. The van der Waals surface area contributed by atoms with Gasteiger partial charge in [-0.3, -0.25) is 14.4 Å². The van der Waals surface area contributed by atoms with Gasteiger partial charge in [0.1, 0.15) is 12.7 Å². The van der Waals surface area contributed by atoms with Crippen molar-refractivity contribution >= 4 is 23.9 Å². The Bertz CT molecular complexity index is 745. The van der Waals surface area contributed by atoms with Crippen molar-refractivity contribution in [3.8, 4) is 0 Å². The van der Waals surface area contributed by atoms with E-state index in [0.29, 0.717) is 0 Å². The molecule has 1 saturated heterocycles. The number of carbonyl (C=O) groups excluding carboxylic acids is 4. The summed E-state index contributed by atoms with van der Waals surface area (Å²) < 4.78 is 27.4. The van der Waals surface area contributed by atoms with Gasteiger partial charge in [0, 0.05) is 27.0 Å². The molecule has 0 spiro atoms. The van der Waals surface area contributed by atoms with E-state index in [-0.39, 0.29) is 18.9 Å². The highest BCUT2D eigenvalue weighted by atomic mass is 16.7. The molecule has 1 aliphatic heterocycles. The van der Waals surface area contributed by atoms with Crippen LogP contribution in [0, 0.1) is 0 Å². The maximum absolute atomic E-state index is 11.8. The van der Waals surface area contributed by atoms with Gasteiger partial charge in [0.25, 0.3) is 0 Å². The van der Waals surface area contributed by atoms with Crippen LogP contribution in [0.4, 0.5) is 0 Å². The Morgan fingerprint density at radius 3 is 2.25 bits per heavy atom. The van der Waals surface area contributed by atoms with E-state index in [1.54, 1.807) is 6.92 Å². The Morgan fingerprint density at radius 2 is 1.68 bits per heavy atom. The van der Waals surface area contributed by atoms with Crippen LogP contribution < -0.4 is 0 Å². The number of carbonyl (C=O) groups is 4. The number of rotatable bonds is 7. The van der Waals surface area contributed by atoms with Gasteiger partial charge >= 0.3 is 23.9 Å². The topological polar surface area (TPSA) is 132 Å². The molecule has 0 aromatic carbocycles. The molecular formula is C17H22N2O9. The largest absolute Gasteiger partial charge is 0.463 e. The summed E-state index contributed by atoms with van der Waals surface area (Å²) in [4.78, 5) is 46.1. The highest BCUT2D eigenvalue weighted by Crippen LogP contribution is 2.34. The van der Waals surface area contributed by atoms with Crippen LogP contribution in [0.2, 0.25) is 0 Å². The molecule has 11 heteroatoms. The Hall–Kier alpha value is -2.95. The van der Waals surface area contributed by atoms with Gasteiger partial charge in [-0.05, 0) is 13.0 Å². The number of esters is 4. The fourth-order valence-corrected chi connectivity index (χ4v) is 2.70. The average molecular weight is 398 g/mol. The Balaban J connectivity index is 2.31. The summed E-state index contributed by atoms with van der Waals surface area (Å²) in [7, 11) is 0. The van der Waals surface area contributed by atoms with Crippen molar-refractivity contribution in [2.45, 2.75) is 52.2 Å². The Morgan fingerprint density at radius 1 is 1.04 bits per heavy atom. The third-order valence-corrected chi connectivity index (χ3v) is 3.69. The van der Waals surface area contributed by atoms with Gasteiger partial charge in [-0.1, -0.05) is 0 Å². The molecule has 0 bridgehead atoms. The highest BCUT2D eigenvalue weighted by Gasteiger charge is 2.51. The van der Waals surface area contributed by atoms with Crippen LogP contribution in [0.3, 0.4) is 0 Å². The first-order valence-corrected chi connectivity index (χ1v) is 8.58. The van der Waals surface area contributed by atoms with Gasteiger partial charge in [-0.25, -0.2) is 9.48 Å². The standard InChI is InChI=1S/C17H22N2O9/c1-5-24-17(23)12-6-7-19(18-12)16-15(27-11(4)22)14(26-10(3)21)13(28-16)8-25-9(2)20/h6-7,13-16H,5,8H2,1-4H3/t13-,14-,15-,16-/m1/s1. The van der Waals surface area contributed by atoms with Gasteiger partial charge in [-0.15, -0.1) is 0 Å². The number of hydrogen-bond acceptors (Lipinski definition) is 10. The second-order valence-corrected chi connectivity index (χ2v) is 5.92. The zero-order chi connectivity index (χ0) is 20.8. The Labute approximate surface area is 160 Å². The van der Waals surface area contributed by atoms with E-state index in [2.05, 4.69) is 5.10 Å². The third kappa shape index (κ3) is 5.28. The van der Waals surface area contributed by atoms with Crippen molar-refractivity contribution in [2.75, 3.05) is 13.2 Å². The van der Waals surface area contributed by atoms with E-state index in [9.17, 15) is 19.2 Å². The summed E-state index contributed by atoms with van der Waals surface area (Å²) in [5, 5.41) is 4.09. The smallest absolute Gasteiger partial charge is 0.358 e. The minimum absolute atomic E-state index is 0.0273. The van der Waals surface area contributed by atoms with Gasteiger partial charge in [-0.2, -0.15) is 5.10 Å². The number of aromatic nitrogens is 2. The molecule has 1 aromatic rings. The molecule has 11 nitrogen and oxygen atoms in total. The van der Waals surface area contributed by atoms with Crippen LogP contribution in [0.15, 0.2) is 12.3 Å². The van der Waals surface area contributed by atoms with Crippen LogP contribution in [0.5, 0.6) is 0 Å². The molecule has 0 amide bonds. The molecule has 4 atom stereocenters. The van der Waals surface area contributed by atoms with Gasteiger partial charge < -0.3 is 23.7 Å². The minimum Gasteiger partial charge on any atom is -0.463 e.